The SMILES string of the molecule is COCCN(CC1CN(CC(O)COC(C)(C)C)CCO1)C(=O)c1ccccc1. The molecule has 164 valence electrons. The number of carbonyl (C=O) groups excluding carboxylic acids is 1. The monoisotopic (exact) mass is 408 g/mol. The van der Waals surface area contributed by atoms with Crippen molar-refractivity contribution >= 4 is 5.91 Å². The third-order valence-electron chi connectivity index (χ3n) is 4.70. The molecule has 1 aliphatic heterocycles. The number of aliphatic hydroxyl groups excluding tert-OH is 1. The number of rotatable bonds is 10. The van der Waals surface area contributed by atoms with Crippen LogP contribution in [0.15, 0.2) is 30.3 Å². The second-order valence-corrected chi connectivity index (χ2v) is 8.44. The first kappa shape index (κ1) is 23.8. The Hall–Kier alpha value is -1.51. The lowest BCUT2D eigenvalue weighted by atomic mass is 10.1. The Bertz CT molecular complexity index is 605. The first-order chi connectivity index (χ1) is 13.8. The van der Waals surface area contributed by atoms with Crippen molar-refractivity contribution in [3.05, 3.63) is 35.9 Å². The van der Waals surface area contributed by atoms with Gasteiger partial charge in [0.1, 0.15) is 0 Å². The van der Waals surface area contributed by atoms with E-state index in [2.05, 4.69) is 4.90 Å². The van der Waals surface area contributed by atoms with Crippen molar-refractivity contribution in [2.45, 2.75) is 38.6 Å². The standard InChI is InChI=1S/C22H36N2O5/c1-22(2,3)29-17-19(25)14-23-10-13-28-20(15-23)16-24(11-12-27-4)21(26)18-8-6-5-7-9-18/h5-9,19-20,25H,10-17H2,1-4H3. The van der Waals surface area contributed by atoms with Crippen LogP contribution in [0.1, 0.15) is 31.1 Å². The van der Waals surface area contributed by atoms with Gasteiger partial charge < -0.3 is 24.2 Å². The third-order valence-corrected chi connectivity index (χ3v) is 4.70. The molecule has 0 saturated carbocycles. The fourth-order valence-corrected chi connectivity index (χ4v) is 3.24. The minimum Gasteiger partial charge on any atom is -0.389 e. The fourth-order valence-electron chi connectivity index (χ4n) is 3.24. The highest BCUT2D eigenvalue weighted by Crippen LogP contribution is 2.12. The predicted octanol–water partition coefficient (Wildman–Crippen LogP) is 1.65. The Labute approximate surface area is 174 Å². The third kappa shape index (κ3) is 8.80. The Kier molecular flexibility index (Phi) is 9.52. The number of hydrogen-bond donors (Lipinski definition) is 1. The zero-order valence-electron chi connectivity index (χ0n) is 18.2. The number of morpholine rings is 1. The normalized spacial score (nSPS) is 19.1. The van der Waals surface area contributed by atoms with E-state index in [1.807, 2.05) is 51.1 Å². The molecule has 0 bridgehead atoms. The van der Waals surface area contributed by atoms with E-state index < -0.39 is 6.10 Å². The molecule has 1 aromatic carbocycles. The summed E-state index contributed by atoms with van der Waals surface area (Å²) in [6.45, 7) is 10.2. The number of nitrogens with zero attached hydrogens (tertiary/aromatic N) is 2. The molecule has 1 heterocycles. The number of aliphatic hydroxyl groups is 1. The summed E-state index contributed by atoms with van der Waals surface area (Å²) in [6.07, 6.45) is -0.660. The topological polar surface area (TPSA) is 71.5 Å². The van der Waals surface area contributed by atoms with E-state index in [1.165, 1.54) is 0 Å². The van der Waals surface area contributed by atoms with Crippen molar-refractivity contribution in [3.8, 4) is 0 Å². The first-order valence-electron chi connectivity index (χ1n) is 10.3. The van der Waals surface area contributed by atoms with Gasteiger partial charge >= 0.3 is 0 Å². The first-order valence-corrected chi connectivity index (χ1v) is 10.3. The minimum absolute atomic E-state index is 0.0259. The molecular formula is C22H36N2O5. The lowest BCUT2D eigenvalue weighted by molar-refractivity contribution is -0.0784. The maximum absolute atomic E-state index is 12.9. The zero-order chi connectivity index (χ0) is 21.3. The van der Waals surface area contributed by atoms with Crippen LogP contribution in [-0.4, -0.2) is 98.3 Å². The Morgan fingerprint density at radius 3 is 2.72 bits per heavy atom. The Morgan fingerprint density at radius 2 is 2.07 bits per heavy atom. The maximum Gasteiger partial charge on any atom is 0.254 e. The molecule has 2 atom stereocenters. The Morgan fingerprint density at radius 1 is 1.34 bits per heavy atom. The van der Waals surface area contributed by atoms with Crippen LogP contribution in [0.4, 0.5) is 0 Å². The number of β-amino-alcohol motifs (C(OH)–C–C–N with tert-alkyl or cyclic N) is 1. The number of ether oxygens (including phenoxy) is 3. The van der Waals surface area contributed by atoms with Crippen LogP contribution in [0.25, 0.3) is 0 Å². The van der Waals surface area contributed by atoms with Gasteiger partial charge in [0.25, 0.3) is 5.91 Å². The molecule has 1 aromatic rings. The summed E-state index contributed by atoms with van der Waals surface area (Å²) in [7, 11) is 1.63. The molecule has 1 aliphatic rings. The van der Waals surface area contributed by atoms with Crippen LogP contribution in [0.2, 0.25) is 0 Å². The van der Waals surface area contributed by atoms with Gasteiger partial charge in [0.05, 0.1) is 37.6 Å². The summed E-state index contributed by atoms with van der Waals surface area (Å²) in [5.74, 6) is -0.0259. The lowest BCUT2D eigenvalue weighted by Gasteiger charge is -2.36. The van der Waals surface area contributed by atoms with E-state index in [4.69, 9.17) is 14.2 Å². The highest BCUT2D eigenvalue weighted by Gasteiger charge is 2.27. The van der Waals surface area contributed by atoms with Gasteiger partial charge in [0, 0.05) is 45.4 Å². The molecule has 0 spiro atoms. The van der Waals surface area contributed by atoms with E-state index in [-0.39, 0.29) is 17.6 Å². The van der Waals surface area contributed by atoms with Crippen molar-refractivity contribution < 1.29 is 24.1 Å². The van der Waals surface area contributed by atoms with Crippen LogP contribution in [-0.2, 0) is 14.2 Å². The molecule has 0 aromatic heterocycles. The van der Waals surface area contributed by atoms with Crippen LogP contribution >= 0.6 is 0 Å². The average molecular weight is 409 g/mol. The maximum atomic E-state index is 12.9. The van der Waals surface area contributed by atoms with Crippen LogP contribution in [0, 0.1) is 0 Å². The van der Waals surface area contributed by atoms with E-state index in [0.29, 0.717) is 51.6 Å². The summed E-state index contributed by atoms with van der Waals surface area (Å²) in [4.78, 5) is 16.9. The van der Waals surface area contributed by atoms with Gasteiger partial charge in [0.15, 0.2) is 0 Å². The molecule has 2 unspecified atom stereocenters. The largest absolute Gasteiger partial charge is 0.389 e. The number of carbonyl (C=O) groups is 1. The van der Waals surface area contributed by atoms with Gasteiger partial charge in [-0.2, -0.15) is 0 Å². The van der Waals surface area contributed by atoms with Gasteiger partial charge in [-0.15, -0.1) is 0 Å². The van der Waals surface area contributed by atoms with Gasteiger partial charge in [-0.05, 0) is 32.9 Å². The van der Waals surface area contributed by atoms with Crippen LogP contribution < -0.4 is 0 Å². The smallest absolute Gasteiger partial charge is 0.254 e. The second-order valence-electron chi connectivity index (χ2n) is 8.44. The molecule has 1 saturated heterocycles. The number of amides is 1. The van der Waals surface area contributed by atoms with E-state index in [9.17, 15) is 9.90 Å². The van der Waals surface area contributed by atoms with E-state index in [0.717, 1.165) is 6.54 Å². The quantitative estimate of drug-likeness (QED) is 0.635. The van der Waals surface area contributed by atoms with Gasteiger partial charge in [-0.3, -0.25) is 9.69 Å². The van der Waals surface area contributed by atoms with Crippen LogP contribution in [0.5, 0.6) is 0 Å². The zero-order valence-corrected chi connectivity index (χ0v) is 18.2. The molecule has 7 nitrogen and oxygen atoms in total. The molecule has 1 fully saturated rings. The van der Waals surface area contributed by atoms with Crippen molar-refractivity contribution in [2.75, 3.05) is 59.7 Å². The Balaban J connectivity index is 1.90. The van der Waals surface area contributed by atoms with Crippen molar-refractivity contribution in [3.63, 3.8) is 0 Å². The van der Waals surface area contributed by atoms with E-state index >= 15 is 0 Å². The summed E-state index contributed by atoms with van der Waals surface area (Å²) >= 11 is 0. The lowest BCUT2D eigenvalue weighted by Crippen LogP contribution is -2.51. The second kappa shape index (κ2) is 11.6. The van der Waals surface area contributed by atoms with Gasteiger partial charge in [0.2, 0.25) is 0 Å². The highest BCUT2D eigenvalue weighted by atomic mass is 16.5. The molecule has 1 amide bonds. The average Bonchev–Trinajstić information content (AvgIpc) is 2.69. The fraction of sp³-hybridized carbons (Fsp3) is 0.682. The minimum atomic E-state index is -0.552. The predicted molar refractivity (Wildman–Crippen MR) is 112 cm³/mol. The molecule has 1 N–H and O–H groups in total. The van der Waals surface area contributed by atoms with Crippen molar-refractivity contribution in [2.24, 2.45) is 0 Å². The van der Waals surface area contributed by atoms with Crippen LogP contribution in [0.3, 0.4) is 0 Å². The molecular weight excluding hydrogens is 372 g/mol. The number of hydrogen-bond acceptors (Lipinski definition) is 6. The van der Waals surface area contributed by atoms with Crippen molar-refractivity contribution in [1.82, 2.24) is 9.80 Å². The van der Waals surface area contributed by atoms with Gasteiger partial charge in [-0.25, -0.2) is 0 Å². The number of methoxy groups -OCH3 is 1. The highest BCUT2D eigenvalue weighted by molar-refractivity contribution is 5.94. The van der Waals surface area contributed by atoms with Gasteiger partial charge in [-0.1, -0.05) is 18.2 Å². The summed E-state index contributed by atoms with van der Waals surface area (Å²) in [5, 5.41) is 10.3. The summed E-state index contributed by atoms with van der Waals surface area (Å²) in [5.41, 5.74) is 0.389. The summed E-state index contributed by atoms with van der Waals surface area (Å²) < 4.78 is 16.8. The van der Waals surface area contributed by atoms with Crippen molar-refractivity contribution in [1.29, 1.82) is 0 Å². The molecule has 2 rings (SSSR count). The molecule has 7 heteroatoms. The molecule has 0 radical (unpaired) electrons. The molecule has 0 aliphatic carbocycles. The van der Waals surface area contributed by atoms with E-state index in [1.54, 1.807) is 12.0 Å². The summed E-state index contributed by atoms with van der Waals surface area (Å²) in [6, 6.07) is 9.26. The number of benzene rings is 1. The molecule has 29 heavy (non-hydrogen) atoms.